The maximum absolute atomic E-state index is 6.01. The first-order valence-electron chi connectivity index (χ1n) is 4.49. The SMILES string of the molecule is Nc1ccnc(Oc2ccc(Br)cc2Cl)c1. The fraction of sp³-hybridized carbons (Fsp3) is 0. The minimum atomic E-state index is 0.421. The highest BCUT2D eigenvalue weighted by atomic mass is 79.9. The van der Waals surface area contributed by atoms with Gasteiger partial charge in [0.15, 0.2) is 0 Å². The van der Waals surface area contributed by atoms with Crippen LogP contribution in [0.4, 0.5) is 5.69 Å². The molecule has 82 valence electrons. The molecule has 0 saturated heterocycles. The van der Waals surface area contributed by atoms with Gasteiger partial charge in [-0.3, -0.25) is 0 Å². The Labute approximate surface area is 106 Å². The Morgan fingerprint density at radius 3 is 2.75 bits per heavy atom. The number of anilines is 1. The van der Waals surface area contributed by atoms with E-state index in [1.54, 1.807) is 30.5 Å². The van der Waals surface area contributed by atoms with Gasteiger partial charge in [-0.05, 0) is 24.3 Å². The summed E-state index contributed by atoms with van der Waals surface area (Å²) >= 11 is 9.32. The Balaban J connectivity index is 2.27. The Kier molecular flexibility index (Phi) is 3.31. The molecule has 0 saturated carbocycles. The number of hydrogen-bond acceptors (Lipinski definition) is 3. The molecule has 0 radical (unpaired) electrons. The summed E-state index contributed by atoms with van der Waals surface area (Å²) in [5.74, 6) is 0.965. The number of benzene rings is 1. The van der Waals surface area contributed by atoms with Gasteiger partial charge in [0.25, 0.3) is 0 Å². The molecule has 0 unspecified atom stereocenters. The summed E-state index contributed by atoms with van der Waals surface area (Å²) in [5.41, 5.74) is 6.21. The zero-order valence-electron chi connectivity index (χ0n) is 8.15. The molecule has 3 nitrogen and oxygen atoms in total. The molecule has 2 N–H and O–H groups in total. The van der Waals surface area contributed by atoms with Crippen molar-refractivity contribution >= 4 is 33.2 Å². The molecule has 0 aliphatic heterocycles. The molecule has 0 bridgehead atoms. The molecule has 0 amide bonds. The van der Waals surface area contributed by atoms with Gasteiger partial charge in [-0.2, -0.15) is 0 Å². The molecule has 1 aromatic heterocycles. The second-order valence-electron chi connectivity index (χ2n) is 3.10. The normalized spacial score (nSPS) is 10.1. The predicted molar refractivity (Wildman–Crippen MR) is 67.9 cm³/mol. The van der Waals surface area contributed by atoms with Crippen molar-refractivity contribution in [1.82, 2.24) is 4.98 Å². The van der Waals surface area contributed by atoms with E-state index in [1.807, 2.05) is 6.07 Å². The van der Waals surface area contributed by atoms with Crippen LogP contribution in [0.15, 0.2) is 41.0 Å². The number of halogens is 2. The molecule has 16 heavy (non-hydrogen) atoms. The molecule has 0 atom stereocenters. The predicted octanol–water partition coefficient (Wildman–Crippen LogP) is 3.87. The number of pyridine rings is 1. The summed E-state index contributed by atoms with van der Waals surface area (Å²) < 4.78 is 6.39. The van der Waals surface area contributed by atoms with Crippen molar-refractivity contribution in [2.24, 2.45) is 0 Å². The van der Waals surface area contributed by atoms with Crippen LogP contribution in [0, 0.1) is 0 Å². The lowest BCUT2D eigenvalue weighted by Crippen LogP contribution is -1.91. The lowest BCUT2D eigenvalue weighted by atomic mass is 10.3. The fourth-order valence-electron chi connectivity index (χ4n) is 1.15. The minimum Gasteiger partial charge on any atom is -0.437 e. The molecular weight excluding hydrogens is 291 g/mol. The van der Waals surface area contributed by atoms with Crippen molar-refractivity contribution in [3.05, 3.63) is 46.0 Å². The second kappa shape index (κ2) is 4.72. The molecule has 0 aliphatic carbocycles. The van der Waals surface area contributed by atoms with Crippen molar-refractivity contribution in [2.75, 3.05) is 5.73 Å². The zero-order chi connectivity index (χ0) is 11.5. The van der Waals surface area contributed by atoms with Crippen LogP contribution in [-0.2, 0) is 0 Å². The summed E-state index contributed by atoms with van der Waals surface area (Å²) in [6.45, 7) is 0. The topological polar surface area (TPSA) is 48.1 Å². The zero-order valence-corrected chi connectivity index (χ0v) is 10.5. The molecule has 1 aromatic carbocycles. The Bertz CT molecular complexity index is 519. The van der Waals surface area contributed by atoms with Gasteiger partial charge in [0.1, 0.15) is 5.75 Å². The van der Waals surface area contributed by atoms with E-state index in [-0.39, 0.29) is 0 Å². The van der Waals surface area contributed by atoms with E-state index in [9.17, 15) is 0 Å². The first-order chi connectivity index (χ1) is 7.65. The molecule has 0 spiro atoms. The van der Waals surface area contributed by atoms with Crippen LogP contribution < -0.4 is 10.5 Å². The summed E-state index contributed by atoms with van der Waals surface area (Å²) in [6, 6.07) is 8.68. The standard InChI is InChI=1S/C11H8BrClN2O/c12-7-1-2-10(9(13)5-7)16-11-6-8(14)3-4-15-11/h1-6H,(H2,14,15). The largest absolute Gasteiger partial charge is 0.437 e. The highest BCUT2D eigenvalue weighted by Crippen LogP contribution is 2.31. The molecule has 1 heterocycles. The lowest BCUT2D eigenvalue weighted by molar-refractivity contribution is 0.463. The molecule has 0 fully saturated rings. The van der Waals surface area contributed by atoms with Crippen molar-refractivity contribution in [2.45, 2.75) is 0 Å². The third-order valence-corrected chi connectivity index (χ3v) is 2.66. The van der Waals surface area contributed by atoms with Gasteiger partial charge in [0.05, 0.1) is 5.02 Å². The van der Waals surface area contributed by atoms with Crippen molar-refractivity contribution in [3.63, 3.8) is 0 Å². The summed E-state index contributed by atoms with van der Waals surface area (Å²) in [7, 11) is 0. The van der Waals surface area contributed by atoms with E-state index < -0.39 is 0 Å². The maximum atomic E-state index is 6.01. The van der Waals surface area contributed by atoms with E-state index in [2.05, 4.69) is 20.9 Å². The number of nitrogen functional groups attached to an aromatic ring is 1. The Morgan fingerprint density at radius 2 is 2.06 bits per heavy atom. The van der Waals surface area contributed by atoms with E-state index in [4.69, 9.17) is 22.1 Å². The first-order valence-corrected chi connectivity index (χ1v) is 5.67. The van der Waals surface area contributed by atoms with Gasteiger partial charge >= 0.3 is 0 Å². The fourth-order valence-corrected chi connectivity index (χ4v) is 1.86. The number of ether oxygens (including phenoxy) is 1. The quantitative estimate of drug-likeness (QED) is 0.915. The van der Waals surface area contributed by atoms with Crippen LogP contribution in [0.25, 0.3) is 0 Å². The van der Waals surface area contributed by atoms with Gasteiger partial charge in [0, 0.05) is 22.4 Å². The van der Waals surface area contributed by atoms with Crippen molar-refractivity contribution in [1.29, 1.82) is 0 Å². The first kappa shape index (κ1) is 11.2. The second-order valence-corrected chi connectivity index (χ2v) is 4.43. The highest BCUT2D eigenvalue weighted by molar-refractivity contribution is 9.10. The average Bonchev–Trinajstić information content (AvgIpc) is 2.22. The van der Waals surface area contributed by atoms with Crippen LogP contribution >= 0.6 is 27.5 Å². The van der Waals surface area contributed by atoms with Gasteiger partial charge < -0.3 is 10.5 Å². The maximum Gasteiger partial charge on any atom is 0.221 e. The third-order valence-electron chi connectivity index (χ3n) is 1.87. The van der Waals surface area contributed by atoms with Gasteiger partial charge in [-0.25, -0.2) is 4.98 Å². The number of nitrogens with zero attached hydrogens (tertiary/aromatic N) is 1. The summed E-state index contributed by atoms with van der Waals surface area (Å²) in [6.07, 6.45) is 1.58. The third kappa shape index (κ3) is 2.65. The van der Waals surface area contributed by atoms with Crippen LogP contribution in [-0.4, -0.2) is 4.98 Å². The van der Waals surface area contributed by atoms with E-state index in [1.165, 1.54) is 0 Å². The van der Waals surface area contributed by atoms with Crippen LogP contribution in [0.3, 0.4) is 0 Å². The Hall–Kier alpha value is -1.26. The van der Waals surface area contributed by atoms with Crippen molar-refractivity contribution in [3.8, 4) is 11.6 Å². The van der Waals surface area contributed by atoms with Crippen LogP contribution in [0.5, 0.6) is 11.6 Å². The van der Waals surface area contributed by atoms with Gasteiger partial charge in [-0.15, -0.1) is 0 Å². The van der Waals surface area contributed by atoms with E-state index in [0.717, 1.165) is 4.47 Å². The highest BCUT2D eigenvalue weighted by Gasteiger charge is 2.04. The number of nitrogens with two attached hydrogens (primary N) is 1. The lowest BCUT2D eigenvalue weighted by Gasteiger charge is -2.06. The minimum absolute atomic E-state index is 0.421. The van der Waals surface area contributed by atoms with Crippen LogP contribution in [0.1, 0.15) is 0 Å². The molecule has 5 heteroatoms. The number of hydrogen-bond donors (Lipinski definition) is 1. The van der Waals surface area contributed by atoms with Crippen molar-refractivity contribution < 1.29 is 4.74 Å². The van der Waals surface area contributed by atoms with E-state index >= 15 is 0 Å². The molecule has 0 aliphatic rings. The Morgan fingerprint density at radius 1 is 1.25 bits per heavy atom. The smallest absolute Gasteiger partial charge is 0.221 e. The van der Waals surface area contributed by atoms with Crippen LogP contribution in [0.2, 0.25) is 5.02 Å². The van der Waals surface area contributed by atoms with Gasteiger partial charge in [0.2, 0.25) is 5.88 Å². The number of aromatic nitrogens is 1. The number of rotatable bonds is 2. The molecule has 2 aromatic rings. The summed E-state index contributed by atoms with van der Waals surface area (Å²) in [5, 5.41) is 0.513. The summed E-state index contributed by atoms with van der Waals surface area (Å²) in [4.78, 5) is 4.03. The average molecular weight is 300 g/mol. The monoisotopic (exact) mass is 298 g/mol. The van der Waals surface area contributed by atoms with Gasteiger partial charge in [-0.1, -0.05) is 27.5 Å². The van der Waals surface area contributed by atoms with E-state index in [0.29, 0.717) is 22.3 Å². The molecule has 2 rings (SSSR count). The molecular formula is C11H8BrClN2O.